The van der Waals surface area contributed by atoms with Gasteiger partial charge in [0.25, 0.3) is 0 Å². The average molecular weight is 276 g/mol. The standard InChI is InChI=1S/C18H25FO/c1-4-5-6-7-12-18(14(2)17(18,3)13-20)15-8-10-16(19)11-9-15/h8-11,20H,2,4-7,12-13H2,1,3H3/t17-,18-/m0/s1. The lowest BCUT2D eigenvalue weighted by Crippen LogP contribution is -2.19. The first kappa shape index (κ1) is 15.2. The fourth-order valence-corrected chi connectivity index (χ4v) is 3.59. The van der Waals surface area contributed by atoms with E-state index < -0.39 is 0 Å². The molecule has 1 fully saturated rings. The normalized spacial score (nSPS) is 28.7. The molecule has 0 radical (unpaired) electrons. The van der Waals surface area contributed by atoms with Crippen molar-refractivity contribution in [1.82, 2.24) is 0 Å². The molecule has 0 heterocycles. The molecule has 1 aliphatic carbocycles. The van der Waals surface area contributed by atoms with Crippen LogP contribution in [-0.2, 0) is 5.41 Å². The molecule has 2 atom stereocenters. The molecule has 1 N–H and O–H groups in total. The summed E-state index contributed by atoms with van der Waals surface area (Å²) in [4.78, 5) is 0. The smallest absolute Gasteiger partial charge is 0.123 e. The summed E-state index contributed by atoms with van der Waals surface area (Å²) < 4.78 is 13.1. The molecular weight excluding hydrogens is 251 g/mol. The van der Waals surface area contributed by atoms with Gasteiger partial charge in [-0.15, -0.1) is 0 Å². The maximum atomic E-state index is 13.1. The van der Waals surface area contributed by atoms with Crippen molar-refractivity contribution in [3.05, 3.63) is 47.8 Å². The van der Waals surface area contributed by atoms with Crippen LogP contribution in [-0.4, -0.2) is 11.7 Å². The first-order chi connectivity index (χ1) is 9.53. The third-order valence-corrected chi connectivity index (χ3v) is 5.12. The molecule has 1 saturated carbocycles. The van der Waals surface area contributed by atoms with E-state index in [1.54, 1.807) is 0 Å². The van der Waals surface area contributed by atoms with Gasteiger partial charge in [0.15, 0.2) is 0 Å². The van der Waals surface area contributed by atoms with Crippen molar-refractivity contribution in [1.29, 1.82) is 0 Å². The molecular formula is C18H25FO. The number of benzene rings is 1. The van der Waals surface area contributed by atoms with E-state index in [4.69, 9.17) is 0 Å². The summed E-state index contributed by atoms with van der Waals surface area (Å²) >= 11 is 0. The van der Waals surface area contributed by atoms with Crippen molar-refractivity contribution in [2.45, 2.75) is 51.4 Å². The third-order valence-electron chi connectivity index (χ3n) is 5.12. The van der Waals surface area contributed by atoms with Crippen LogP contribution in [0.25, 0.3) is 0 Å². The Labute approximate surface area is 121 Å². The Hall–Kier alpha value is -1.15. The minimum absolute atomic E-state index is 0.108. The van der Waals surface area contributed by atoms with Crippen LogP contribution < -0.4 is 0 Å². The van der Waals surface area contributed by atoms with Crippen molar-refractivity contribution in [2.24, 2.45) is 5.41 Å². The van der Waals surface area contributed by atoms with Crippen LogP contribution in [0.1, 0.15) is 51.5 Å². The average Bonchev–Trinajstić information content (AvgIpc) is 2.94. The number of aliphatic hydroxyl groups excluding tert-OH is 1. The van der Waals surface area contributed by atoms with Gasteiger partial charge >= 0.3 is 0 Å². The third kappa shape index (κ3) is 2.20. The van der Waals surface area contributed by atoms with Crippen LogP contribution in [0.15, 0.2) is 36.4 Å². The Morgan fingerprint density at radius 1 is 1.15 bits per heavy atom. The summed E-state index contributed by atoms with van der Waals surface area (Å²) in [5.41, 5.74) is 1.77. The lowest BCUT2D eigenvalue weighted by molar-refractivity contribution is 0.203. The molecule has 0 aliphatic heterocycles. The van der Waals surface area contributed by atoms with E-state index in [1.807, 2.05) is 12.1 Å². The van der Waals surface area contributed by atoms with Crippen molar-refractivity contribution < 1.29 is 9.50 Å². The Balaban J connectivity index is 2.23. The maximum Gasteiger partial charge on any atom is 0.123 e. The minimum Gasteiger partial charge on any atom is -0.395 e. The molecule has 0 amide bonds. The summed E-state index contributed by atoms with van der Waals surface area (Å²) in [5, 5.41) is 9.76. The van der Waals surface area contributed by atoms with Gasteiger partial charge in [0.05, 0.1) is 6.61 Å². The van der Waals surface area contributed by atoms with Gasteiger partial charge in [-0.1, -0.05) is 63.8 Å². The highest BCUT2D eigenvalue weighted by Gasteiger charge is 2.67. The molecule has 0 saturated heterocycles. The highest BCUT2D eigenvalue weighted by molar-refractivity contribution is 5.57. The van der Waals surface area contributed by atoms with Gasteiger partial charge in [0.1, 0.15) is 5.82 Å². The number of hydrogen-bond acceptors (Lipinski definition) is 1. The second-order valence-electron chi connectivity index (χ2n) is 6.19. The Morgan fingerprint density at radius 3 is 2.30 bits per heavy atom. The highest BCUT2D eigenvalue weighted by atomic mass is 19.1. The maximum absolute atomic E-state index is 13.1. The van der Waals surface area contributed by atoms with E-state index in [0.717, 1.165) is 24.0 Å². The SMILES string of the molecule is C=C1[C@](C)(CO)[C@]1(CCCCCC)c1ccc(F)cc1. The number of hydrogen-bond donors (Lipinski definition) is 1. The lowest BCUT2D eigenvalue weighted by atomic mass is 9.82. The number of unbranched alkanes of at least 4 members (excludes halogenated alkanes) is 3. The van der Waals surface area contributed by atoms with Gasteiger partial charge in [-0.05, 0) is 24.1 Å². The zero-order valence-corrected chi connectivity index (χ0v) is 12.6. The summed E-state index contributed by atoms with van der Waals surface area (Å²) in [6.07, 6.45) is 5.77. The van der Waals surface area contributed by atoms with Gasteiger partial charge in [0, 0.05) is 10.8 Å². The second kappa shape index (κ2) is 5.69. The number of aliphatic hydroxyl groups is 1. The van der Waals surface area contributed by atoms with E-state index in [2.05, 4.69) is 20.4 Å². The summed E-state index contributed by atoms with van der Waals surface area (Å²) in [5.74, 6) is -0.216. The van der Waals surface area contributed by atoms with Crippen molar-refractivity contribution in [3.63, 3.8) is 0 Å². The first-order valence-corrected chi connectivity index (χ1v) is 7.59. The number of rotatable bonds is 7. The zero-order chi connectivity index (χ0) is 14.8. The molecule has 20 heavy (non-hydrogen) atoms. The van der Waals surface area contributed by atoms with Gasteiger partial charge in [-0.3, -0.25) is 0 Å². The molecule has 1 aromatic carbocycles. The molecule has 0 aromatic heterocycles. The number of halogens is 1. The summed E-state index contributed by atoms with van der Waals surface area (Å²) in [6, 6.07) is 6.71. The van der Waals surface area contributed by atoms with E-state index in [-0.39, 0.29) is 23.3 Å². The minimum atomic E-state index is -0.253. The van der Waals surface area contributed by atoms with Crippen LogP contribution in [0.3, 0.4) is 0 Å². The Kier molecular flexibility index (Phi) is 4.33. The van der Waals surface area contributed by atoms with Crippen LogP contribution in [0.5, 0.6) is 0 Å². The predicted octanol–water partition coefficient (Wildman–Crippen LogP) is 4.60. The fourth-order valence-electron chi connectivity index (χ4n) is 3.59. The van der Waals surface area contributed by atoms with Crippen molar-refractivity contribution in [2.75, 3.05) is 6.61 Å². The summed E-state index contributed by atoms with van der Waals surface area (Å²) in [6.45, 7) is 8.56. The Morgan fingerprint density at radius 2 is 1.80 bits per heavy atom. The predicted molar refractivity (Wildman–Crippen MR) is 81.2 cm³/mol. The van der Waals surface area contributed by atoms with E-state index >= 15 is 0 Å². The lowest BCUT2D eigenvalue weighted by Gasteiger charge is -2.21. The second-order valence-corrected chi connectivity index (χ2v) is 6.19. The van der Waals surface area contributed by atoms with Crippen LogP contribution in [0.2, 0.25) is 0 Å². The van der Waals surface area contributed by atoms with Crippen LogP contribution >= 0.6 is 0 Å². The molecule has 2 heteroatoms. The van der Waals surface area contributed by atoms with Crippen LogP contribution in [0.4, 0.5) is 4.39 Å². The largest absolute Gasteiger partial charge is 0.395 e. The fraction of sp³-hybridized carbons (Fsp3) is 0.556. The quantitative estimate of drug-likeness (QED) is 0.570. The molecule has 1 aliphatic rings. The molecule has 1 aromatic rings. The molecule has 0 bridgehead atoms. The zero-order valence-electron chi connectivity index (χ0n) is 12.6. The molecule has 2 rings (SSSR count). The molecule has 0 spiro atoms. The van der Waals surface area contributed by atoms with Gasteiger partial charge in [-0.25, -0.2) is 4.39 Å². The molecule has 1 nitrogen and oxygen atoms in total. The highest BCUT2D eigenvalue weighted by Crippen LogP contribution is 2.70. The Bertz CT molecular complexity index is 479. The first-order valence-electron chi connectivity index (χ1n) is 7.59. The van der Waals surface area contributed by atoms with Crippen LogP contribution in [0, 0.1) is 11.2 Å². The molecule has 110 valence electrons. The van der Waals surface area contributed by atoms with E-state index in [9.17, 15) is 9.50 Å². The van der Waals surface area contributed by atoms with Gasteiger partial charge < -0.3 is 5.11 Å². The summed E-state index contributed by atoms with van der Waals surface area (Å²) in [7, 11) is 0. The topological polar surface area (TPSA) is 20.2 Å². The monoisotopic (exact) mass is 276 g/mol. The van der Waals surface area contributed by atoms with Gasteiger partial charge in [-0.2, -0.15) is 0 Å². The van der Waals surface area contributed by atoms with E-state index in [1.165, 1.54) is 31.4 Å². The van der Waals surface area contributed by atoms with Crippen molar-refractivity contribution >= 4 is 0 Å². The van der Waals surface area contributed by atoms with Crippen molar-refractivity contribution in [3.8, 4) is 0 Å². The van der Waals surface area contributed by atoms with Gasteiger partial charge in [0.2, 0.25) is 0 Å². The van der Waals surface area contributed by atoms with E-state index in [0.29, 0.717) is 0 Å². The molecule has 0 unspecified atom stereocenters.